The Hall–Kier alpha value is -1.96. The highest BCUT2D eigenvalue weighted by Crippen LogP contribution is 2.25. The summed E-state index contributed by atoms with van der Waals surface area (Å²) in [6.07, 6.45) is 1.19. The number of tetrazole rings is 1. The number of rotatable bonds is 4. The Morgan fingerprint density at radius 2 is 2.10 bits per heavy atom. The molecular formula is C12H17N5O2S. The Balaban J connectivity index is 2.45. The van der Waals surface area contributed by atoms with Crippen LogP contribution in [0, 0.1) is 6.92 Å². The Morgan fingerprint density at radius 1 is 1.40 bits per heavy atom. The normalized spacial score (nSPS) is 13.3. The third kappa shape index (κ3) is 3.13. The molecule has 1 aromatic heterocycles. The number of nitrogen functional groups attached to an aromatic ring is 1. The fourth-order valence-electron chi connectivity index (χ4n) is 2.06. The molecule has 0 radical (unpaired) electrons. The summed E-state index contributed by atoms with van der Waals surface area (Å²) in [6.45, 7) is 3.69. The number of sulfone groups is 1. The summed E-state index contributed by atoms with van der Waals surface area (Å²) in [6, 6.07) is 5.11. The Kier molecular flexibility index (Phi) is 3.76. The summed E-state index contributed by atoms with van der Waals surface area (Å²) in [5.74, 6) is 0.498. The Bertz CT molecular complexity index is 723. The van der Waals surface area contributed by atoms with Gasteiger partial charge < -0.3 is 5.73 Å². The van der Waals surface area contributed by atoms with Crippen molar-refractivity contribution in [1.82, 2.24) is 20.2 Å². The van der Waals surface area contributed by atoms with Crippen molar-refractivity contribution >= 4 is 15.5 Å². The first-order valence-electron chi connectivity index (χ1n) is 6.10. The van der Waals surface area contributed by atoms with Gasteiger partial charge in [0.1, 0.15) is 9.84 Å². The average Bonchev–Trinajstić information content (AvgIpc) is 2.79. The maximum Gasteiger partial charge on any atom is 0.182 e. The topological polar surface area (TPSA) is 104 Å². The van der Waals surface area contributed by atoms with Crippen molar-refractivity contribution in [3.63, 3.8) is 0 Å². The molecule has 1 unspecified atom stereocenters. The van der Waals surface area contributed by atoms with E-state index in [9.17, 15) is 8.42 Å². The quantitative estimate of drug-likeness (QED) is 0.838. The third-order valence-electron chi connectivity index (χ3n) is 2.96. The van der Waals surface area contributed by atoms with Crippen molar-refractivity contribution < 1.29 is 8.42 Å². The minimum Gasteiger partial charge on any atom is -0.399 e. The highest BCUT2D eigenvalue weighted by atomic mass is 32.2. The predicted molar refractivity (Wildman–Crippen MR) is 76.8 cm³/mol. The van der Waals surface area contributed by atoms with Crippen molar-refractivity contribution in [2.75, 3.05) is 17.7 Å². The molecule has 0 fully saturated rings. The van der Waals surface area contributed by atoms with E-state index >= 15 is 0 Å². The first kappa shape index (κ1) is 14.4. The molecule has 0 aliphatic heterocycles. The van der Waals surface area contributed by atoms with Gasteiger partial charge in [0.05, 0.1) is 11.8 Å². The lowest BCUT2D eigenvalue weighted by Crippen LogP contribution is -2.18. The minimum atomic E-state index is -3.11. The molecular weight excluding hydrogens is 278 g/mol. The van der Waals surface area contributed by atoms with E-state index in [1.165, 1.54) is 10.9 Å². The molecule has 8 heteroatoms. The molecule has 0 bridgehead atoms. The summed E-state index contributed by atoms with van der Waals surface area (Å²) in [4.78, 5) is 0. The van der Waals surface area contributed by atoms with Crippen LogP contribution in [0.1, 0.15) is 18.5 Å². The molecule has 108 valence electrons. The predicted octanol–water partition coefficient (Wildman–Crippen LogP) is 0.836. The van der Waals surface area contributed by atoms with Crippen LogP contribution >= 0.6 is 0 Å². The van der Waals surface area contributed by atoms with Crippen LogP contribution in [0.2, 0.25) is 0 Å². The van der Waals surface area contributed by atoms with Gasteiger partial charge in [-0.25, -0.2) is 13.1 Å². The van der Waals surface area contributed by atoms with E-state index in [1.54, 1.807) is 19.1 Å². The van der Waals surface area contributed by atoms with Crippen LogP contribution in [0.15, 0.2) is 18.2 Å². The van der Waals surface area contributed by atoms with Gasteiger partial charge in [-0.05, 0) is 42.0 Å². The highest BCUT2D eigenvalue weighted by molar-refractivity contribution is 7.90. The summed E-state index contributed by atoms with van der Waals surface area (Å²) < 4.78 is 24.3. The van der Waals surface area contributed by atoms with Crippen molar-refractivity contribution in [1.29, 1.82) is 0 Å². The third-order valence-corrected chi connectivity index (χ3v) is 4.04. The molecule has 2 aromatic rings. The molecule has 0 aliphatic rings. The molecule has 2 N–H and O–H groups in total. The molecule has 0 aliphatic carbocycles. The van der Waals surface area contributed by atoms with E-state index in [4.69, 9.17) is 5.73 Å². The smallest absolute Gasteiger partial charge is 0.182 e. The molecule has 0 spiro atoms. The standard InChI is InChI=1S/C12H17N5O2S/c1-8-4-5-10(13)6-11(8)12-14-15-16-17(12)9(2)7-20(3,18)19/h4-6,9H,7,13H2,1-3H3. The zero-order chi connectivity index (χ0) is 14.9. The van der Waals surface area contributed by atoms with Crippen LogP contribution in [-0.2, 0) is 9.84 Å². The second-order valence-corrected chi connectivity index (χ2v) is 7.15. The largest absolute Gasteiger partial charge is 0.399 e. The lowest BCUT2D eigenvalue weighted by Gasteiger charge is -2.13. The second kappa shape index (κ2) is 5.20. The number of nitrogens with two attached hydrogens (primary N) is 1. The molecule has 20 heavy (non-hydrogen) atoms. The minimum absolute atomic E-state index is 0.0214. The molecule has 1 aromatic carbocycles. The van der Waals surface area contributed by atoms with Crippen molar-refractivity contribution in [2.24, 2.45) is 0 Å². The SMILES string of the molecule is Cc1ccc(N)cc1-c1nnnn1C(C)CS(C)(=O)=O. The van der Waals surface area contributed by atoms with E-state index in [0.29, 0.717) is 11.5 Å². The molecule has 7 nitrogen and oxygen atoms in total. The monoisotopic (exact) mass is 295 g/mol. The summed E-state index contributed by atoms with van der Waals surface area (Å²) in [5.41, 5.74) is 8.17. The van der Waals surface area contributed by atoms with E-state index in [0.717, 1.165) is 11.1 Å². The van der Waals surface area contributed by atoms with Gasteiger partial charge in [-0.3, -0.25) is 0 Å². The molecule has 0 amide bonds. The summed E-state index contributed by atoms with van der Waals surface area (Å²) in [5, 5.41) is 11.5. The lowest BCUT2D eigenvalue weighted by atomic mass is 10.1. The average molecular weight is 295 g/mol. The van der Waals surface area contributed by atoms with Crippen LogP contribution in [0.3, 0.4) is 0 Å². The lowest BCUT2D eigenvalue weighted by molar-refractivity contribution is 0.509. The maximum absolute atomic E-state index is 11.4. The van der Waals surface area contributed by atoms with Gasteiger partial charge in [-0.1, -0.05) is 6.07 Å². The fourth-order valence-corrected chi connectivity index (χ4v) is 3.07. The molecule has 0 saturated carbocycles. The number of benzene rings is 1. The van der Waals surface area contributed by atoms with Gasteiger partial charge >= 0.3 is 0 Å². The van der Waals surface area contributed by atoms with E-state index < -0.39 is 9.84 Å². The number of anilines is 1. The van der Waals surface area contributed by atoms with E-state index in [1.807, 2.05) is 13.0 Å². The Labute approximate surface area is 117 Å². The fraction of sp³-hybridized carbons (Fsp3) is 0.417. The zero-order valence-electron chi connectivity index (χ0n) is 11.6. The van der Waals surface area contributed by atoms with Crippen LogP contribution < -0.4 is 5.73 Å². The van der Waals surface area contributed by atoms with Crippen LogP contribution in [0.4, 0.5) is 5.69 Å². The van der Waals surface area contributed by atoms with Gasteiger partial charge in [0.15, 0.2) is 5.82 Å². The van der Waals surface area contributed by atoms with E-state index in [-0.39, 0.29) is 11.8 Å². The van der Waals surface area contributed by atoms with Crippen LogP contribution in [0.25, 0.3) is 11.4 Å². The summed E-state index contributed by atoms with van der Waals surface area (Å²) >= 11 is 0. The van der Waals surface area contributed by atoms with Crippen molar-refractivity contribution in [3.05, 3.63) is 23.8 Å². The van der Waals surface area contributed by atoms with E-state index in [2.05, 4.69) is 15.5 Å². The summed E-state index contributed by atoms with van der Waals surface area (Å²) in [7, 11) is -3.11. The van der Waals surface area contributed by atoms with Gasteiger partial charge in [0.2, 0.25) is 0 Å². The first-order chi connectivity index (χ1) is 9.28. The van der Waals surface area contributed by atoms with Gasteiger partial charge in [0.25, 0.3) is 0 Å². The Morgan fingerprint density at radius 3 is 2.75 bits per heavy atom. The molecule has 2 rings (SSSR count). The number of hydrogen-bond acceptors (Lipinski definition) is 6. The molecule has 1 heterocycles. The van der Waals surface area contributed by atoms with Gasteiger partial charge in [-0.15, -0.1) is 5.10 Å². The first-order valence-corrected chi connectivity index (χ1v) is 8.16. The highest BCUT2D eigenvalue weighted by Gasteiger charge is 2.19. The molecule has 1 atom stereocenters. The number of aryl methyl sites for hydroxylation is 1. The number of aromatic nitrogens is 4. The van der Waals surface area contributed by atoms with Gasteiger partial charge in [0, 0.05) is 17.5 Å². The van der Waals surface area contributed by atoms with Crippen molar-refractivity contribution in [3.8, 4) is 11.4 Å². The second-order valence-electron chi connectivity index (χ2n) is 4.96. The van der Waals surface area contributed by atoms with Gasteiger partial charge in [-0.2, -0.15) is 0 Å². The van der Waals surface area contributed by atoms with Crippen LogP contribution in [0.5, 0.6) is 0 Å². The zero-order valence-corrected chi connectivity index (χ0v) is 12.4. The number of nitrogens with zero attached hydrogens (tertiary/aromatic N) is 4. The van der Waals surface area contributed by atoms with Crippen molar-refractivity contribution in [2.45, 2.75) is 19.9 Å². The molecule has 0 saturated heterocycles. The van der Waals surface area contributed by atoms with Crippen LogP contribution in [-0.4, -0.2) is 40.6 Å². The number of hydrogen-bond donors (Lipinski definition) is 1. The maximum atomic E-state index is 11.4.